The molecule has 17 heavy (non-hydrogen) atoms. The quantitative estimate of drug-likeness (QED) is 0.642. The molecule has 1 aromatic heterocycles. The van der Waals surface area contributed by atoms with Gasteiger partial charge in [0.05, 0.1) is 17.8 Å². The Kier molecular flexibility index (Phi) is 4.84. The summed E-state index contributed by atoms with van der Waals surface area (Å²) in [6.07, 6.45) is 1.64. The summed E-state index contributed by atoms with van der Waals surface area (Å²) >= 11 is 4.91. The highest BCUT2D eigenvalue weighted by atomic mass is 32.1. The molecule has 0 spiro atoms. The lowest BCUT2D eigenvalue weighted by Crippen LogP contribution is -2.23. The molecular formula is C12H18N2O2S. The molecular weight excluding hydrogens is 236 g/mol. The summed E-state index contributed by atoms with van der Waals surface area (Å²) in [5, 5.41) is 0. The fourth-order valence-corrected chi connectivity index (χ4v) is 1.33. The van der Waals surface area contributed by atoms with Gasteiger partial charge in [0.2, 0.25) is 5.88 Å². The molecule has 2 N–H and O–H groups in total. The van der Waals surface area contributed by atoms with E-state index in [4.69, 9.17) is 27.4 Å². The first-order valence-electron chi connectivity index (χ1n) is 5.42. The Balaban J connectivity index is 2.49. The minimum atomic E-state index is -0.167. The van der Waals surface area contributed by atoms with Gasteiger partial charge in [0.1, 0.15) is 11.6 Å². The van der Waals surface area contributed by atoms with Crippen LogP contribution in [0.5, 0.6) is 5.88 Å². The topological polar surface area (TPSA) is 57.4 Å². The average Bonchev–Trinajstić information content (AvgIpc) is 2.23. The van der Waals surface area contributed by atoms with Crippen molar-refractivity contribution in [3.63, 3.8) is 0 Å². The number of pyridine rings is 1. The zero-order chi connectivity index (χ0) is 12.9. The highest BCUT2D eigenvalue weighted by Crippen LogP contribution is 2.14. The molecule has 0 aromatic carbocycles. The standard InChI is InChI=1S/C12H18N2O2S/c1-12(2,3)16-8-7-15-11-9(10(13)17)5-4-6-14-11/h4-6H,7-8H2,1-3H3,(H2,13,17). The van der Waals surface area contributed by atoms with Crippen LogP contribution >= 0.6 is 12.2 Å². The number of hydrogen-bond donors (Lipinski definition) is 1. The number of aromatic nitrogens is 1. The lowest BCUT2D eigenvalue weighted by atomic mass is 10.2. The van der Waals surface area contributed by atoms with Crippen molar-refractivity contribution in [3.8, 4) is 5.88 Å². The highest BCUT2D eigenvalue weighted by molar-refractivity contribution is 7.80. The second kappa shape index (κ2) is 5.93. The van der Waals surface area contributed by atoms with Crippen molar-refractivity contribution in [1.82, 2.24) is 4.98 Å². The largest absolute Gasteiger partial charge is 0.475 e. The molecule has 0 aliphatic heterocycles. The Hall–Kier alpha value is -1.20. The first kappa shape index (κ1) is 13.9. The Morgan fingerprint density at radius 2 is 2.12 bits per heavy atom. The molecule has 1 heterocycles. The zero-order valence-electron chi connectivity index (χ0n) is 10.4. The summed E-state index contributed by atoms with van der Waals surface area (Å²) < 4.78 is 11.0. The van der Waals surface area contributed by atoms with Crippen LogP contribution in [0.3, 0.4) is 0 Å². The summed E-state index contributed by atoms with van der Waals surface area (Å²) in [6.45, 7) is 6.90. The van der Waals surface area contributed by atoms with Gasteiger partial charge >= 0.3 is 0 Å². The van der Waals surface area contributed by atoms with Gasteiger partial charge in [-0.3, -0.25) is 0 Å². The third-order valence-corrected chi connectivity index (χ3v) is 2.11. The van der Waals surface area contributed by atoms with Crippen molar-refractivity contribution in [3.05, 3.63) is 23.9 Å². The molecule has 0 saturated carbocycles. The second-order valence-electron chi connectivity index (χ2n) is 4.53. The molecule has 4 nitrogen and oxygen atoms in total. The predicted molar refractivity (Wildman–Crippen MR) is 71.3 cm³/mol. The predicted octanol–water partition coefficient (Wildman–Crippen LogP) is 1.91. The Bertz CT molecular complexity index is 388. The van der Waals surface area contributed by atoms with E-state index >= 15 is 0 Å². The van der Waals surface area contributed by atoms with Crippen LogP contribution in [0.2, 0.25) is 0 Å². The summed E-state index contributed by atoms with van der Waals surface area (Å²) in [5.41, 5.74) is 6.05. The van der Waals surface area contributed by atoms with Crippen molar-refractivity contribution in [1.29, 1.82) is 0 Å². The van der Waals surface area contributed by atoms with Gasteiger partial charge in [-0.2, -0.15) is 0 Å². The SMILES string of the molecule is CC(C)(C)OCCOc1ncccc1C(N)=S. The van der Waals surface area contributed by atoms with Crippen LogP contribution in [0, 0.1) is 0 Å². The first-order chi connectivity index (χ1) is 7.90. The van der Waals surface area contributed by atoms with Crippen molar-refractivity contribution in [2.24, 2.45) is 5.73 Å². The van der Waals surface area contributed by atoms with E-state index < -0.39 is 0 Å². The molecule has 0 aliphatic rings. The molecule has 0 fully saturated rings. The van der Waals surface area contributed by atoms with Crippen LogP contribution in [-0.4, -0.2) is 28.8 Å². The third kappa shape index (κ3) is 5.10. The average molecular weight is 254 g/mol. The lowest BCUT2D eigenvalue weighted by Gasteiger charge is -2.19. The van der Waals surface area contributed by atoms with Gasteiger partial charge in [0.25, 0.3) is 0 Å². The zero-order valence-corrected chi connectivity index (χ0v) is 11.2. The van der Waals surface area contributed by atoms with Crippen molar-refractivity contribution in [2.45, 2.75) is 26.4 Å². The van der Waals surface area contributed by atoms with E-state index in [-0.39, 0.29) is 10.6 Å². The maximum absolute atomic E-state index is 5.57. The lowest BCUT2D eigenvalue weighted by molar-refractivity contribution is -0.0168. The smallest absolute Gasteiger partial charge is 0.223 e. The van der Waals surface area contributed by atoms with Gasteiger partial charge in [-0.05, 0) is 32.9 Å². The third-order valence-electron chi connectivity index (χ3n) is 1.89. The second-order valence-corrected chi connectivity index (χ2v) is 4.97. The summed E-state index contributed by atoms with van der Waals surface area (Å²) in [6, 6.07) is 3.56. The number of hydrogen-bond acceptors (Lipinski definition) is 4. The van der Waals surface area contributed by atoms with Crippen LogP contribution < -0.4 is 10.5 Å². The molecule has 0 bridgehead atoms. The molecule has 0 aliphatic carbocycles. The molecule has 0 amide bonds. The number of nitrogens with zero attached hydrogens (tertiary/aromatic N) is 1. The van der Waals surface area contributed by atoms with E-state index in [1.54, 1.807) is 18.3 Å². The van der Waals surface area contributed by atoms with Crippen molar-refractivity contribution in [2.75, 3.05) is 13.2 Å². The van der Waals surface area contributed by atoms with E-state index in [0.717, 1.165) is 0 Å². The van der Waals surface area contributed by atoms with Crippen molar-refractivity contribution >= 4 is 17.2 Å². The normalized spacial score (nSPS) is 11.2. The fourth-order valence-electron chi connectivity index (χ4n) is 1.18. The minimum Gasteiger partial charge on any atom is -0.475 e. The molecule has 0 radical (unpaired) electrons. The molecule has 1 aromatic rings. The van der Waals surface area contributed by atoms with Gasteiger partial charge in [-0.25, -0.2) is 4.98 Å². The van der Waals surface area contributed by atoms with Gasteiger partial charge in [0.15, 0.2) is 0 Å². The van der Waals surface area contributed by atoms with E-state index in [9.17, 15) is 0 Å². The summed E-state index contributed by atoms with van der Waals surface area (Å²) in [7, 11) is 0. The Morgan fingerprint density at radius 3 is 2.71 bits per heavy atom. The van der Waals surface area contributed by atoms with E-state index in [1.165, 1.54) is 0 Å². The van der Waals surface area contributed by atoms with Crippen molar-refractivity contribution < 1.29 is 9.47 Å². The Morgan fingerprint density at radius 1 is 1.41 bits per heavy atom. The number of nitrogens with two attached hydrogens (primary N) is 1. The fraction of sp³-hybridized carbons (Fsp3) is 0.500. The maximum atomic E-state index is 5.57. The minimum absolute atomic E-state index is 0.167. The van der Waals surface area contributed by atoms with Crippen LogP contribution in [0.1, 0.15) is 26.3 Å². The summed E-state index contributed by atoms with van der Waals surface area (Å²) in [5.74, 6) is 0.456. The Labute approximate surface area is 107 Å². The number of ether oxygens (including phenoxy) is 2. The van der Waals surface area contributed by atoms with E-state index in [0.29, 0.717) is 24.7 Å². The van der Waals surface area contributed by atoms with Crippen LogP contribution in [0.25, 0.3) is 0 Å². The van der Waals surface area contributed by atoms with Gasteiger partial charge in [0, 0.05) is 6.20 Å². The number of thiocarbonyl (C=S) groups is 1. The first-order valence-corrected chi connectivity index (χ1v) is 5.82. The molecule has 94 valence electrons. The molecule has 1 rings (SSSR count). The van der Waals surface area contributed by atoms with Gasteiger partial charge in [-0.15, -0.1) is 0 Å². The van der Waals surface area contributed by atoms with E-state index in [2.05, 4.69) is 4.98 Å². The van der Waals surface area contributed by atoms with E-state index in [1.807, 2.05) is 20.8 Å². The van der Waals surface area contributed by atoms with Crippen LogP contribution in [-0.2, 0) is 4.74 Å². The van der Waals surface area contributed by atoms with Crippen LogP contribution in [0.15, 0.2) is 18.3 Å². The molecule has 0 atom stereocenters. The monoisotopic (exact) mass is 254 g/mol. The summed E-state index contributed by atoms with van der Waals surface area (Å²) in [4.78, 5) is 4.37. The highest BCUT2D eigenvalue weighted by Gasteiger charge is 2.10. The maximum Gasteiger partial charge on any atom is 0.223 e. The molecule has 0 unspecified atom stereocenters. The number of rotatable bonds is 5. The van der Waals surface area contributed by atoms with Gasteiger partial charge < -0.3 is 15.2 Å². The molecule has 5 heteroatoms. The van der Waals surface area contributed by atoms with Gasteiger partial charge in [-0.1, -0.05) is 12.2 Å². The van der Waals surface area contributed by atoms with Crippen LogP contribution in [0.4, 0.5) is 0 Å². The molecule has 0 saturated heterocycles.